The minimum Gasteiger partial charge on any atom is -0.480 e. The molecule has 0 amide bonds. The Morgan fingerprint density at radius 3 is 3.07 bits per heavy atom. The summed E-state index contributed by atoms with van der Waals surface area (Å²) in [7, 11) is 0. The van der Waals surface area contributed by atoms with Crippen LogP contribution in [0.15, 0.2) is 22.7 Å². The maximum Gasteiger partial charge on any atom is 0.325 e. The van der Waals surface area contributed by atoms with Crippen molar-refractivity contribution in [1.82, 2.24) is 15.0 Å². The number of carboxylic acid groups (broad SMARTS) is 1. The number of nitrogens with zero attached hydrogens (tertiary/aromatic N) is 3. The molecule has 6 heteroatoms. The minimum atomic E-state index is -0.934. The van der Waals surface area contributed by atoms with Crippen LogP contribution in [0.5, 0.6) is 0 Å². The quantitative estimate of drug-likeness (QED) is 0.878. The maximum atomic E-state index is 10.5. The highest BCUT2D eigenvalue weighted by molar-refractivity contribution is 9.10. The molecule has 0 spiro atoms. The van der Waals surface area contributed by atoms with Crippen LogP contribution >= 0.6 is 15.9 Å². The molecule has 0 fully saturated rings. The first-order valence-electron chi connectivity index (χ1n) is 3.88. The number of aliphatic carboxylic acids is 1. The molecule has 0 bridgehead atoms. The van der Waals surface area contributed by atoms with Gasteiger partial charge in [0.15, 0.2) is 0 Å². The van der Waals surface area contributed by atoms with Gasteiger partial charge in [0, 0.05) is 4.47 Å². The fourth-order valence-electron chi connectivity index (χ4n) is 1.20. The molecule has 0 aliphatic carbocycles. The Morgan fingerprint density at radius 1 is 1.57 bits per heavy atom. The Labute approximate surface area is 87.5 Å². The van der Waals surface area contributed by atoms with E-state index in [2.05, 4.69) is 26.2 Å². The van der Waals surface area contributed by atoms with Crippen LogP contribution in [-0.4, -0.2) is 26.1 Å². The van der Waals surface area contributed by atoms with Gasteiger partial charge in [-0.3, -0.25) is 4.79 Å². The highest BCUT2D eigenvalue weighted by Crippen LogP contribution is 2.20. The SMILES string of the molecule is O=C(O)Cn1nnc2c(Br)cccc21. The number of carboxylic acids is 1. The summed E-state index contributed by atoms with van der Waals surface area (Å²) in [5.41, 5.74) is 1.38. The fraction of sp³-hybridized carbons (Fsp3) is 0.125. The molecule has 2 rings (SSSR count). The number of hydrogen-bond acceptors (Lipinski definition) is 3. The van der Waals surface area contributed by atoms with E-state index in [1.54, 1.807) is 6.07 Å². The van der Waals surface area contributed by atoms with Crippen molar-refractivity contribution in [3.8, 4) is 0 Å². The Bertz CT molecular complexity index is 494. The monoisotopic (exact) mass is 255 g/mol. The number of fused-ring (bicyclic) bond motifs is 1. The molecule has 0 aliphatic rings. The van der Waals surface area contributed by atoms with E-state index in [-0.39, 0.29) is 6.54 Å². The van der Waals surface area contributed by atoms with Crippen LogP contribution in [0.2, 0.25) is 0 Å². The molecule has 1 aromatic heterocycles. The maximum absolute atomic E-state index is 10.5. The van der Waals surface area contributed by atoms with Crippen LogP contribution < -0.4 is 0 Å². The van der Waals surface area contributed by atoms with Crippen molar-refractivity contribution in [3.63, 3.8) is 0 Å². The first-order valence-corrected chi connectivity index (χ1v) is 4.67. The number of carbonyl (C=O) groups is 1. The van der Waals surface area contributed by atoms with Crippen molar-refractivity contribution in [2.45, 2.75) is 6.54 Å². The summed E-state index contributed by atoms with van der Waals surface area (Å²) in [6.07, 6.45) is 0. The molecule has 0 unspecified atom stereocenters. The van der Waals surface area contributed by atoms with Gasteiger partial charge in [-0.2, -0.15) is 0 Å². The molecule has 1 N–H and O–H groups in total. The Balaban J connectivity index is 2.58. The molecule has 14 heavy (non-hydrogen) atoms. The topological polar surface area (TPSA) is 68.0 Å². The smallest absolute Gasteiger partial charge is 0.325 e. The van der Waals surface area contributed by atoms with Crippen molar-refractivity contribution in [2.75, 3.05) is 0 Å². The van der Waals surface area contributed by atoms with E-state index >= 15 is 0 Å². The minimum absolute atomic E-state index is 0.174. The number of hydrogen-bond donors (Lipinski definition) is 1. The Kier molecular flexibility index (Phi) is 2.20. The molecule has 0 saturated heterocycles. The van der Waals surface area contributed by atoms with E-state index in [9.17, 15) is 4.79 Å². The molecule has 2 aromatic rings. The number of aromatic nitrogens is 3. The molecule has 0 radical (unpaired) electrons. The lowest BCUT2D eigenvalue weighted by atomic mass is 10.3. The molecule has 1 aromatic carbocycles. The van der Waals surface area contributed by atoms with Gasteiger partial charge < -0.3 is 5.11 Å². The lowest BCUT2D eigenvalue weighted by molar-refractivity contribution is -0.137. The lowest BCUT2D eigenvalue weighted by Crippen LogP contribution is -2.09. The standard InChI is InChI=1S/C8H6BrN3O2/c9-5-2-1-3-6-8(5)10-11-12(6)4-7(13)14/h1-3H,4H2,(H,13,14). The first-order chi connectivity index (χ1) is 6.68. The van der Waals surface area contributed by atoms with Gasteiger partial charge in [0.25, 0.3) is 0 Å². The van der Waals surface area contributed by atoms with Crippen molar-refractivity contribution < 1.29 is 9.90 Å². The van der Waals surface area contributed by atoms with Gasteiger partial charge in [-0.15, -0.1) is 5.10 Å². The molecule has 0 aliphatic heterocycles. The van der Waals surface area contributed by atoms with Crippen LogP contribution in [0.1, 0.15) is 0 Å². The molecule has 1 heterocycles. The average Bonchev–Trinajstić information content (AvgIpc) is 2.49. The summed E-state index contributed by atoms with van der Waals surface area (Å²) in [5.74, 6) is -0.934. The zero-order valence-electron chi connectivity index (χ0n) is 7.01. The highest BCUT2D eigenvalue weighted by Gasteiger charge is 2.08. The van der Waals surface area contributed by atoms with Gasteiger partial charge in [0.2, 0.25) is 0 Å². The summed E-state index contributed by atoms with van der Waals surface area (Å²) in [4.78, 5) is 10.5. The number of benzene rings is 1. The Hall–Kier alpha value is -1.43. The second-order valence-corrected chi connectivity index (χ2v) is 3.60. The van der Waals surface area contributed by atoms with Gasteiger partial charge in [0.05, 0.1) is 5.52 Å². The highest BCUT2D eigenvalue weighted by atomic mass is 79.9. The van der Waals surface area contributed by atoms with Gasteiger partial charge in [-0.25, -0.2) is 4.68 Å². The third-order valence-electron chi connectivity index (χ3n) is 1.78. The predicted molar refractivity (Wildman–Crippen MR) is 52.9 cm³/mol. The van der Waals surface area contributed by atoms with Crippen molar-refractivity contribution in [3.05, 3.63) is 22.7 Å². The van der Waals surface area contributed by atoms with Crippen LogP contribution in [0.3, 0.4) is 0 Å². The van der Waals surface area contributed by atoms with E-state index in [0.717, 1.165) is 4.47 Å². The molecule has 72 valence electrons. The largest absolute Gasteiger partial charge is 0.480 e. The van der Waals surface area contributed by atoms with Crippen LogP contribution in [0.4, 0.5) is 0 Å². The van der Waals surface area contributed by atoms with Gasteiger partial charge in [-0.05, 0) is 28.1 Å². The molecule has 5 nitrogen and oxygen atoms in total. The second-order valence-electron chi connectivity index (χ2n) is 2.75. The number of halogens is 1. The fourth-order valence-corrected chi connectivity index (χ4v) is 1.64. The van der Waals surface area contributed by atoms with Crippen molar-refractivity contribution >= 4 is 32.9 Å². The lowest BCUT2D eigenvalue weighted by Gasteiger charge is -1.96. The van der Waals surface area contributed by atoms with Crippen LogP contribution in [-0.2, 0) is 11.3 Å². The zero-order chi connectivity index (χ0) is 10.1. The van der Waals surface area contributed by atoms with Gasteiger partial charge in [0.1, 0.15) is 12.1 Å². The number of rotatable bonds is 2. The Morgan fingerprint density at radius 2 is 2.36 bits per heavy atom. The van der Waals surface area contributed by atoms with Gasteiger partial charge >= 0.3 is 5.97 Å². The van der Waals surface area contributed by atoms with E-state index < -0.39 is 5.97 Å². The molecular formula is C8H6BrN3O2. The van der Waals surface area contributed by atoms with Crippen molar-refractivity contribution in [2.24, 2.45) is 0 Å². The molecular weight excluding hydrogens is 250 g/mol. The van der Waals surface area contributed by atoms with Gasteiger partial charge in [-0.1, -0.05) is 11.3 Å². The third kappa shape index (κ3) is 1.48. The molecule has 0 saturated carbocycles. The van der Waals surface area contributed by atoms with E-state index in [4.69, 9.17) is 5.11 Å². The normalized spacial score (nSPS) is 10.6. The zero-order valence-corrected chi connectivity index (χ0v) is 8.60. The second kappa shape index (κ2) is 3.38. The summed E-state index contributed by atoms with van der Waals surface area (Å²) in [6, 6.07) is 5.43. The van der Waals surface area contributed by atoms with E-state index in [1.165, 1.54) is 4.68 Å². The third-order valence-corrected chi connectivity index (χ3v) is 2.42. The van der Waals surface area contributed by atoms with Crippen LogP contribution in [0.25, 0.3) is 11.0 Å². The molecule has 0 atom stereocenters. The predicted octanol–water partition coefficient (Wildman–Crippen LogP) is 1.28. The van der Waals surface area contributed by atoms with E-state index in [1.807, 2.05) is 12.1 Å². The van der Waals surface area contributed by atoms with Crippen molar-refractivity contribution in [1.29, 1.82) is 0 Å². The average molecular weight is 256 g/mol. The first kappa shape index (κ1) is 9.14. The van der Waals surface area contributed by atoms with E-state index in [0.29, 0.717) is 11.0 Å². The summed E-state index contributed by atoms with van der Waals surface area (Å²) < 4.78 is 2.16. The summed E-state index contributed by atoms with van der Waals surface area (Å²) >= 11 is 3.31. The van der Waals surface area contributed by atoms with Crippen LogP contribution in [0, 0.1) is 0 Å². The summed E-state index contributed by atoms with van der Waals surface area (Å²) in [5, 5.41) is 16.2. The summed E-state index contributed by atoms with van der Waals surface area (Å²) in [6.45, 7) is -0.174.